The van der Waals surface area contributed by atoms with Crippen molar-refractivity contribution in [3.8, 4) is 0 Å². The van der Waals surface area contributed by atoms with E-state index >= 15 is 0 Å². The van der Waals surface area contributed by atoms with Crippen LogP contribution in [0, 0.1) is 5.82 Å². The first-order valence-electron chi connectivity index (χ1n) is 14.7. The minimum Gasteiger partial charge on any atom is -0.423 e. The van der Waals surface area contributed by atoms with Crippen LogP contribution in [0.4, 0.5) is 16.1 Å². The van der Waals surface area contributed by atoms with Crippen molar-refractivity contribution in [3.63, 3.8) is 0 Å². The fraction of sp³-hybridized carbons (Fsp3) is 0.433. The van der Waals surface area contributed by atoms with Crippen LogP contribution >= 0.6 is 0 Å². The van der Waals surface area contributed by atoms with Crippen LogP contribution < -0.4 is 15.1 Å². The average Bonchev–Trinajstić information content (AvgIpc) is 3.59. The van der Waals surface area contributed by atoms with E-state index in [9.17, 15) is 27.0 Å². The number of carbonyl (C=O) groups is 2. The van der Waals surface area contributed by atoms with Crippen LogP contribution in [0.3, 0.4) is 0 Å². The molecule has 2 aliphatic rings. The number of morpholine rings is 1. The maximum absolute atomic E-state index is 14.4. The van der Waals surface area contributed by atoms with E-state index in [0.29, 0.717) is 74.0 Å². The average molecular weight is 630 g/mol. The highest BCUT2D eigenvalue weighted by atomic mass is 32.2. The lowest BCUT2D eigenvalue weighted by Crippen LogP contribution is -2.44. The number of nitrogens with one attached hydrogen (secondary N) is 1. The topological polar surface area (TPSA) is 147 Å². The van der Waals surface area contributed by atoms with Gasteiger partial charge in [0.1, 0.15) is 11.3 Å². The second-order valence-corrected chi connectivity index (χ2v) is 11.9. The highest BCUT2D eigenvalue weighted by molar-refractivity contribution is 7.87. The molecule has 0 spiro atoms. The molecule has 2 N–H and O–H groups in total. The molecule has 236 valence electrons. The van der Waals surface area contributed by atoms with Crippen molar-refractivity contribution in [2.24, 2.45) is 0 Å². The molecular weight excluding hydrogens is 593 g/mol. The number of halogens is 1. The van der Waals surface area contributed by atoms with Gasteiger partial charge in [0.15, 0.2) is 10.8 Å². The molecule has 2 aliphatic heterocycles. The lowest BCUT2D eigenvalue weighted by molar-refractivity contribution is -0.120. The molecule has 2 aromatic heterocycles. The zero-order valence-corrected chi connectivity index (χ0v) is 25.7. The standard InChI is InChI=1S/C28H30FN5O7S.C2H6/c1-2-26(35)30-15-25(42(37,38)39)27(36)34-22-7-8-33(16-20(22)19-5-3-17(29)13-23(19)34)18-4-6-24-21(14-18)31-28(41-24)32-9-11-40-12-10-32;1-2/h3-6,13-14,25H,2,7-12,15-16H2,1H3,(H,30,35)(H,37,38,39);1-2H3. The van der Waals surface area contributed by atoms with Gasteiger partial charge in [0.05, 0.1) is 18.7 Å². The van der Waals surface area contributed by atoms with Gasteiger partial charge in [-0.2, -0.15) is 13.4 Å². The third kappa shape index (κ3) is 6.14. The van der Waals surface area contributed by atoms with E-state index in [-0.39, 0.29) is 11.9 Å². The van der Waals surface area contributed by atoms with Crippen molar-refractivity contribution >= 4 is 55.6 Å². The molecule has 1 amide bonds. The van der Waals surface area contributed by atoms with Gasteiger partial charge < -0.3 is 24.3 Å². The lowest BCUT2D eigenvalue weighted by Gasteiger charge is -2.30. The van der Waals surface area contributed by atoms with Crippen LogP contribution in [-0.4, -0.2) is 79.0 Å². The number of rotatable bonds is 7. The largest absolute Gasteiger partial charge is 0.423 e. The smallest absolute Gasteiger partial charge is 0.298 e. The first-order chi connectivity index (χ1) is 21.1. The Hall–Kier alpha value is -4.01. The molecule has 6 rings (SSSR count). The van der Waals surface area contributed by atoms with E-state index in [4.69, 9.17) is 9.15 Å². The number of benzene rings is 2. The molecule has 14 heteroatoms. The zero-order valence-electron chi connectivity index (χ0n) is 24.9. The Bertz CT molecular complexity index is 1800. The van der Waals surface area contributed by atoms with Crippen molar-refractivity contribution in [2.75, 3.05) is 49.2 Å². The van der Waals surface area contributed by atoms with Crippen LogP contribution in [-0.2, 0) is 32.6 Å². The summed E-state index contributed by atoms with van der Waals surface area (Å²) in [5, 5.41) is 1.01. The summed E-state index contributed by atoms with van der Waals surface area (Å²) in [5.74, 6) is -2.03. The fourth-order valence-corrected chi connectivity index (χ4v) is 6.24. The van der Waals surface area contributed by atoms with E-state index in [0.717, 1.165) is 11.3 Å². The second-order valence-electron chi connectivity index (χ2n) is 10.3. The van der Waals surface area contributed by atoms with Crippen molar-refractivity contribution in [1.82, 2.24) is 14.9 Å². The predicted molar refractivity (Wildman–Crippen MR) is 164 cm³/mol. The molecule has 1 saturated heterocycles. The SMILES string of the molecule is CC.CCC(=O)NCC(C(=O)n1c2c(c3ccc(F)cc31)CN(c1ccc3oc(N4CCOCC4)nc3c1)CC2)S(=O)(=O)O. The van der Waals surface area contributed by atoms with Gasteiger partial charge in [-0.25, -0.2) is 4.39 Å². The normalized spacial score (nSPS) is 15.9. The van der Waals surface area contributed by atoms with E-state index in [1.807, 2.05) is 36.9 Å². The molecule has 1 atom stereocenters. The molecule has 4 aromatic rings. The molecule has 1 fully saturated rings. The molecule has 0 aliphatic carbocycles. The van der Waals surface area contributed by atoms with Gasteiger partial charge in [0, 0.05) is 67.9 Å². The number of hydrogen-bond donors (Lipinski definition) is 2. The Morgan fingerprint density at radius 2 is 1.84 bits per heavy atom. The highest BCUT2D eigenvalue weighted by Gasteiger charge is 2.36. The number of amides is 1. The maximum atomic E-state index is 14.4. The van der Waals surface area contributed by atoms with E-state index < -0.39 is 39.5 Å². The maximum Gasteiger partial charge on any atom is 0.298 e. The third-order valence-corrected chi connectivity index (χ3v) is 8.87. The van der Waals surface area contributed by atoms with Crippen LogP contribution in [0.2, 0.25) is 0 Å². The lowest BCUT2D eigenvalue weighted by atomic mass is 10.0. The number of carbonyl (C=O) groups excluding carboxylic acids is 2. The van der Waals surface area contributed by atoms with E-state index in [1.54, 1.807) is 13.0 Å². The number of fused-ring (bicyclic) bond motifs is 4. The monoisotopic (exact) mass is 629 g/mol. The summed E-state index contributed by atoms with van der Waals surface area (Å²) in [4.78, 5) is 34.3. The first-order valence-corrected chi connectivity index (χ1v) is 16.2. The van der Waals surface area contributed by atoms with Gasteiger partial charge in [-0.15, -0.1) is 0 Å². The van der Waals surface area contributed by atoms with Crippen LogP contribution in [0.5, 0.6) is 0 Å². The molecule has 4 heterocycles. The summed E-state index contributed by atoms with van der Waals surface area (Å²) in [6.07, 6.45) is 0.413. The molecule has 0 saturated carbocycles. The molecule has 2 aromatic carbocycles. The number of nitrogens with zero attached hydrogens (tertiary/aromatic N) is 4. The molecule has 1 unspecified atom stereocenters. The number of aromatic nitrogens is 2. The summed E-state index contributed by atoms with van der Waals surface area (Å²) in [7, 11) is -4.90. The third-order valence-electron chi connectivity index (χ3n) is 7.78. The first kappa shape index (κ1) is 31.4. The molecule has 0 radical (unpaired) electrons. The van der Waals surface area contributed by atoms with Gasteiger partial charge >= 0.3 is 0 Å². The van der Waals surface area contributed by atoms with Crippen molar-refractivity contribution < 1.29 is 36.1 Å². The van der Waals surface area contributed by atoms with Gasteiger partial charge in [-0.3, -0.25) is 18.7 Å². The summed E-state index contributed by atoms with van der Waals surface area (Å²) < 4.78 is 61.4. The molecule has 12 nitrogen and oxygen atoms in total. The summed E-state index contributed by atoms with van der Waals surface area (Å²) >= 11 is 0. The van der Waals surface area contributed by atoms with Gasteiger partial charge in [-0.1, -0.05) is 20.8 Å². The molecular formula is C30H36FN5O7S. The molecule has 44 heavy (non-hydrogen) atoms. The van der Waals surface area contributed by atoms with Crippen molar-refractivity contribution in [1.29, 1.82) is 0 Å². The highest BCUT2D eigenvalue weighted by Crippen LogP contribution is 2.35. The summed E-state index contributed by atoms with van der Waals surface area (Å²) in [6, 6.07) is 10.3. The minimum absolute atomic E-state index is 0.0734. The van der Waals surface area contributed by atoms with Crippen LogP contribution in [0.1, 0.15) is 43.2 Å². The zero-order chi connectivity index (χ0) is 31.6. The van der Waals surface area contributed by atoms with Crippen LogP contribution in [0.25, 0.3) is 22.0 Å². The molecule has 0 bridgehead atoms. The van der Waals surface area contributed by atoms with Crippen molar-refractivity contribution in [3.05, 3.63) is 53.5 Å². The van der Waals surface area contributed by atoms with Gasteiger partial charge in [0.25, 0.3) is 22.0 Å². The second kappa shape index (κ2) is 12.9. The van der Waals surface area contributed by atoms with Crippen LogP contribution in [0.15, 0.2) is 40.8 Å². The number of ether oxygens (including phenoxy) is 1. The van der Waals surface area contributed by atoms with Gasteiger partial charge in [0.2, 0.25) is 5.91 Å². The predicted octanol–water partition coefficient (Wildman–Crippen LogP) is 3.77. The number of oxazole rings is 1. The summed E-state index contributed by atoms with van der Waals surface area (Å²) in [5.41, 5.74) is 3.70. The summed E-state index contributed by atoms with van der Waals surface area (Å²) in [6.45, 7) is 8.42. The Morgan fingerprint density at radius 1 is 1.09 bits per heavy atom. The quantitative estimate of drug-likeness (QED) is 0.290. The van der Waals surface area contributed by atoms with E-state index in [2.05, 4.69) is 15.2 Å². The van der Waals surface area contributed by atoms with E-state index in [1.165, 1.54) is 16.7 Å². The Kier molecular flexibility index (Phi) is 9.23. The Labute approximate surface area is 254 Å². The Balaban J connectivity index is 0.00000188. The Morgan fingerprint density at radius 3 is 2.55 bits per heavy atom. The van der Waals surface area contributed by atoms with Crippen molar-refractivity contribution in [2.45, 2.75) is 45.4 Å². The fourth-order valence-electron chi connectivity index (χ4n) is 5.59. The number of anilines is 2. The minimum atomic E-state index is -4.90. The van der Waals surface area contributed by atoms with Gasteiger partial charge in [-0.05, 0) is 36.4 Å². The number of hydrogen-bond acceptors (Lipinski definition) is 9.